The molecule has 11 N–H and O–H groups in total. The number of fused-ring (bicyclic) bond motifs is 1. The number of rotatable bonds is 6. The van der Waals surface area contributed by atoms with E-state index in [1.807, 2.05) is 0 Å². The van der Waals surface area contributed by atoms with E-state index in [0.29, 0.717) is 0 Å². The van der Waals surface area contributed by atoms with Crippen LogP contribution < -0.4 is 10.2 Å². The number of aliphatic hydroxyl groups is 6. The SMILES string of the molecule is C[C@@H]1O[C@@H](O[C@H]2[C@H](Oc3c(-c4ccc(O)c(O)c4)oc4cc(O)c(O)c(O)c4c3=O)O[C@H](CO)[C@@H](O)[C@@H]2O)[C@H](O)[C@H](O)[C@H]1O. The predicted molar refractivity (Wildman–Crippen MR) is 142 cm³/mol. The van der Waals surface area contributed by atoms with Crippen molar-refractivity contribution >= 4 is 11.0 Å². The summed E-state index contributed by atoms with van der Waals surface area (Å²) in [5.41, 5.74) is -1.75. The van der Waals surface area contributed by atoms with Gasteiger partial charge in [0.1, 0.15) is 47.6 Å². The van der Waals surface area contributed by atoms with E-state index in [9.17, 15) is 61.0 Å². The van der Waals surface area contributed by atoms with E-state index < -0.39 is 125 Å². The van der Waals surface area contributed by atoms with Gasteiger partial charge in [0, 0.05) is 11.6 Å². The molecule has 240 valence electrons. The molecule has 10 atom stereocenters. The molecule has 0 saturated carbocycles. The third kappa shape index (κ3) is 5.34. The summed E-state index contributed by atoms with van der Waals surface area (Å²) in [7, 11) is 0. The Hall–Kier alpha value is -3.91. The van der Waals surface area contributed by atoms with Gasteiger partial charge in [0.05, 0.1) is 12.7 Å². The molecule has 2 aliphatic rings. The molecule has 2 aromatic carbocycles. The van der Waals surface area contributed by atoms with E-state index in [4.69, 9.17) is 23.4 Å². The van der Waals surface area contributed by atoms with Gasteiger partial charge in [0.25, 0.3) is 0 Å². The highest BCUT2D eigenvalue weighted by atomic mass is 16.8. The fourth-order valence-corrected chi connectivity index (χ4v) is 4.95. The molecule has 0 radical (unpaired) electrons. The van der Waals surface area contributed by atoms with Crippen LogP contribution in [-0.4, -0.2) is 124 Å². The normalized spacial score (nSPS) is 32.5. The van der Waals surface area contributed by atoms with Crippen molar-refractivity contribution in [3.05, 3.63) is 34.5 Å². The number of hydrogen-bond acceptors (Lipinski definition) is 17. The van der Waals surface area contributed by atoms with Crippen molar-refractivity contribution in [3.8, 4) is 45.8 Å². The first-order valence-electron chi connectivity index (χ1n) is 13.2. The zero-order chi connectivity index (χ0) is 32.2. The maximum atomic E-state index is 13.8. The van der Waals surface area contributed by atoms with Crippen molar-refractivity contribution in [2.75, 3.05) is 6.61 Å². The maximum Gasteiger partial charge on any atom is 0.239 e. The second kappa shape index (κ2) is 11.9. The van der Waals surface area contributed by atoms with Gasteiger partial charge in [-0.25, -0.2) is 0 Å². The zero-order valence-corrected chi connectivity index (χ0v) is 22.7. The van der Waals surface area contributed by atoms with Gasteiger partial charge in [0.2, 0.25) is 23.2 Å². The number of phenolic OH excluding ortho intramolecular Hbond substituents is 5. The van der Waals surface area contributed by atoms with Gasteiger partial charge < -0.3 is 79.5 Å². The Kier molecular flexibility index (Phi) is 8.51. The molecule has 17 heteroatoms. The fourth-order valence-electron chi connectivity index (χ4n) is 4.95. The van der Waals surface area contributed by atoms with Gasteiger partial charge in [-0.15, -0.1) is 0 Å². The van der Waals surface area contributed by atoms with Crippen LogP contribution in [-0.2, 0) is 14.2 Å². The Bertz CT molecular complexity index is 1590. The number of aliphatic hydroxyl groups excluding tert-OH is 6. The van der Waals surface area contributed by atoms with Crippen LogP contribution in [0.5, 0.6) is 34.5 Å². The first kappa shape index (κ1) is 31.5. The number of benzene rings is 2. The molecule has 44 heavy (non-hydrogen) atoms. The summed E-state index contributed by atoms with van der Waals surface area (Å²) >= 11 is 0. The van der Waals surface area contributed by atoms with Crippen molar-refractivity contribution in [1.82, 2.24) is 0 Å². The van der Waals surface area contributed by atoms with E-state index in [1.54, 1.807) is 0 Å². The minimum absolute atomic E-state index is 0.106. The Morgan fingerprint density at radius 2 is 1.48 bits per heavy atom. The van der Waals surface area contributed by atoms with Crippen molar-refractivity contribution in [3.63, 3.8) is 0 Å². The summed E-state index contributed by atoms with van der Waals surface area (Å²) < 4.78 is 28.2. The van der Waals surface area contributed by atoms with Crippen LogP contribution in [0.4, 0.5) is 0 Å². The maximum absolute atomic E-state index is 13.8. The van der Waals surface area contributed by atoms with Gasteiger partial charge in [-0.3, -0.25) is 4.79 Å². The standard InChI is InChI=1S/C27H30O17/c1-7-15(32)20(37)22(39)26(40-7)44-25-21(38)17(34)13(6-28)42-27(25)43-24-19(36)14-12(5-11(31)16(33)18(14)35)41-23(24)8-2-3-9(29)10(30)4-8/h2-5,7,13,15,17,20-22,25-35,37-39H,6H2,1H3/t7-,13+,15-,17+,20+,21-,22+,25+,26-,27-/m0/s1. The molecule has 2 aliphatic heterocycles. The van der Waals surface area contributed by atoms with Crippen LogP contribution in [0.2, 0.25) is 0 Å². The molecule has 0 spiro atoms. The lowest BCUT2D eigenvalue weighted by Gasteiger charge is -2.45. The van der Waals surface area contributed by atoms with Crippen molar-refractivity contribution in [2.45, 2.75) is 68.3 Å². The summed E-state index contributed by atoms with van der Waals surface area (Å²) in [6.45, 7) is 0.488. The van der Waals surface area contributed by atoms with E-state index in [0.717, 1.165) is 18.2 Å². The van der Waals surface area contributed by atoms with Gasteiger partial charge in [-0.05, 0) is 25.1 Å². The smallest absolute Gasteiger partial charge is 0.239 e. The lowest BCUT2D eigenvalue weighted by atomic mass is 9.97. The first-order valence-corrected chi connectivity index (χ1v) is 13.2. The molecule has 0 amide bonds. The second-order valence-electron chi connectivity index (χ2n) is 10.4. The van der Waals surface area contributed by atoms with Crippen LogP contribution in [0, 0.1) is 0 Å². The third-order valence-electron chi connectivity index (χ3n) is 7.47. The highest BCUT2D eigenvalue weighted by Gasteiger charge is 2.51. The van der Waals surface area contributed by atoms with Crippen LogP contribution in [0.3, 0.4) is 0 Å². The Morgan fingerprint density at radius 3 is 2.14 bits per heavy atom. The molecule has 0 unspecified atom stereocenters. The van der Waals surface area contributed by atoms with Crippen molar-refractivity contribution in [2.24, 2.45) is 0 Å². The van der Waals surface area contributed by atoms with Crippen LogP contribution >= 0.6 is 0 Å². The summed E-state index contributed by atoms with van der Waals surface area (Å²) in [5, 5.41) is 112. The average molecular weight is 627 g/mol. The van der Waals surface area contributed by atoms with E-state index in [2.05, 4.69) is 0 Å². The summed E-state index contributed by atoms with van der Waals surface area (Å²) in [4.78, 5) is 13.8. The molecule has 5 rings (SSSR count). The van der Waals surface area contributed by atoms with Crippen LogP contribution in [0.15, 0.2) is 33.5 Å². The monoisotopic (exact) mass is 626 g/mol. The van der Waals surface area contributed by atoms with E-state index in [-0.39, 0.29) is 5.56 Å². The molecule has 3 aromatic rings. The number of aromatic hydroxyl groups is 5. The largest absolute Gasteiger partial charge is 0.504 e. The predicted octanol–water partition coefficient (Wildman–Crippen LogP) is -1.98. The molecule has 2 fully saturated rings. The molecule has 2 saturated heterocycles. The first-order chi connectivity index (χ1) is 20.7. The molecular weight excluding hydrogens is 596 g/mol. The molecule has 0 bridgehead atoms. The minimum Gasteiger partial charge on any atom is -0.504 e. The van der Waals surface area contributed by atoms with Gasteiger partial charge in [-0.1, -0.05) is 0 Å². The fraction of sp³-hybridized carbons (Fsp3) is 0.444. The second-order valence-corrected chi connectivity index (χ2v) is 10.4. The van der Waals surface area contributed by atoms with E-state index >= 15 is 0 Å². The van der Waals surface area contributed by atoms with Crippen molar-refractivity contribution < 1.29 is 79.5 Å². The minimum atomic E-state index is -1.95. The average Bonchev–Trinajstić information content (AvgIpc) is 2.99. The van der Waals surface area contributed by atoms with Crippen LogP contribution in [0.1, 0.15) is 6.92 Å². The molecule has 3 heterocycles. The molecule has 1 aromatic heterocycles. The lowest BCUT2D eigenvalue weighted by molar-refractivity contribution is -0.354. The summed E-state index contributed by atoms with van der Waals surface area (Å²) in [6.07, 6.45) is -17.1. The van der Waals surface area contributed by atoms with Crippen molar-refractivity contribution in [1.29, 1.82) is 0 Å². The highest BCUT2D eigenvalue weighted by Crippen LogP contribution is 2.44. The Balaban J connectivity index is 1.64. The third-order valence-corrected chi connectivity index (χ3v) is 7.47. The topological polar surface area (TPSA) is 290 Å². The number of hydrogen-bond donors (Lipinski definition) is 11. The summed E-state index contributed by atoms with van der Waals surface area (Å²) in [6, 6.07) is 4.01. The molecule has 17 nitrogen and oxygen atoms in total. The molecular formula is C27H30O17. The Morgan fingerprint density at radius 1 is 0.773 bits per heavy atom. The van der Waals surface area contributed by atoms with Gasteiger partial charge >= 0.3 is 0 Å². The van der Waals surface area contributed by atoms with Gasteiger partial charge in [-0.2, -0.15) is 0 Å². The quantitative estimate of drug-likeness (QED) is 0.132. The Labute approximate surface area is 246 Å². The van der Waals surface area contributed by atoms with E-state index in [1.165, 1.54) is 13.0 Å². The summed E-state index contributed by atoms with van der Waals surface area (Å²) in [5.74, 6) is -5.52. The zero-order valence-electron chi connectivity index (χ0n) is 22.7. The highest BCUT2D eigenvalue weighted by molar-refractivity contribution is 5.91. The molecule has 0 aliphatic carbocycles. The number of ether oxygens (including phenoxy) is 4. The lowest BCUT2D eigenvalue weighted by Crippen LogP contribution is -2.64. The number of phenols is 5. The van der Waals surface area contributed by atoms with Crippen LogP contribution in [0.25, 0.3) is 22.3 Å². The van der Waals surface area contributed by atoms with Gasteiger partial charge in [0.15, 0.2) is 41.2 Å².